The number of nitrogens with zero attached hydrogens (tertiary/aromatic N) is 5. The maximum Gasteiger partial charge on any atom is 0.142 e. The normalized spacial score (nSPS) is 19.7. The van der Waals surface area contributed by atoms with E-state index in [-0.39, 0.29) is 0 Å². The summed E-state index contributed by atoms with van der Waals surface area (Å²) >= 11 is 3.61. The van der Waals surface area contributed by atoms with Gasteiger partial charge in [-0.2, -0.15) is 5.10 Å². The SMILES string of the molecule is Cc1cnc(N2CCC[C@H](n3cncn3)C2)c(Br)c1. The van der Waals surface area contributed by atoms with Crippen molar-refractivity contribution >= 4 is 21.7 Å². The Morgan fingerprint density at radius 2 is 2.32 bits per heavy atom. The molecule has 1 atom stereocenters. The molecule has 1 fully saturated rings. The summed E-state index contributed by atoms with van der Waals surface area (Å²) in [6.07, 6.45) is 7.60. The molecule has 0 N–H and O–H groups in total. The predicted octanol–water partition coefficient (Wildman–Crippen LogP) is 2.59. The monoisotopic (exact) mass is 321 g/mol. The highest BCUT2D eigenvalue weighted by molar-refractivity contribution is 9.10. The summed E-state index contributed by atoms with van der Waals surface area (Å²) in [6, 6.07) is 2.49. The van der Waals surface area contributed by atoms with E-state index in [0.29, 0.717) is 6.04 Å². The molecule has 3 heterocycles. The number of rotatable bonds is 2. The number of pyridine rings is 1. The minimum absolute atomic E-state index is 0.381. The lowest BCUT2D eigenvalue weighted by Crippen LogP contribution is -2.37. The lowest BCUT2D eigenvalue weighted by atomic mass is 10.1. The highest BCUT2D eigenvalue weighted by Gasteiger charge is 2.23. The van der Waals surface area contributed by atoms with Crippen molar-refractivity contribution in [3.63, 3.8) is 0 Å². The van der Waals surface area contributed by atoms with Gasteiger partial charge in [0.25, 0.3) is 0 Å². The van der Waals surface area contributed by atoms with Crippen LogP contribution in [-0.2, 0) is 0 Å². The number of anilines is 1. The van der Waals surface area contributed by atoms with Gasteiger partial charge >= 0.3 is 0 Å². The first-order valence-electron chi connectivity index (χ1n) is 6.45. The van der Waals surface area contributed by atoms with Crippen LogP contribution in [0.25, 0.3) is 0 Å². The summed E-state index contributed by atoms with van der Waals surface area (Å²) in [4.78, 5) is 10.9. The molecule has 100 valence electrons. The van der Waals surface area contributed by atoms with Crippen LogP contribution in [0.3, 0.4) is 0 Å². The second-order valence-corrected chi connectivity index (χ2v) is 5.79. The van der Waals surface area contributed by atoms with Gasteiger partial charge in [-0.1, -0.05) is 0 Å². The molecule has 0 amide bonds. The smallest absolute Gasteiger partial charge is 0.142 e. The zero-order chi connectivity index (χ0) is 13.2. The van der Waals surface area contributed by atoms with Gasteiger partial charge in [-0.3, -0.25) is 0 Å². The number of aryl methyl sites for hydroxylation is 1. The van der Waals surface area contributed by atoms with Crippen molar-refractivity contribution in [2.45, 2.75) is 25.8 Å². The van der Waals surface area contributed by atoms with E-state index in [9.17, 15) is 0 Å². The van der Waals surface area contributed by atoms with E-state index in [1.54, 1.807) is 12.7 Å². The van der Waals surface area contributed by atoms with Gasteiger partial charge in [-0.15, -0.1) is 0 Å². The third kappa shape index (κ3) is 2.63. The standard InChI is InChI=1S/C13H16BrN5/c1-10-5-12(14)13(16-6-10)18-4-2-3-11(7-18)19-9-15-8-17-19/h5-6,8-9,11H,2-4,7H2,1H3/t11-/m0/s1. The molecule has 0 aliphatic carbocycles. The second kappa shape index (κ2) is 5.28. The second-order valence-electron chi connectivity index (χ2n) is 4.94. The zero-order valence-electron chi connectivity index (χ0n) is 10.8. The van der Waals surface area contributed by atoms with E-state index < -0.39 is 0 Å². The first kappa shape index (κ1) is 12.6. The Hall–Kier alpha value is -1.43. The fourth-order valence-electron chi connectivity index (χ4n) is 2.53. The summed E-state index contributed by atoms with van der Waals surface area (Å²) in [5, 5.41) is 4.25. The maximum absolute atomic E-state index is 4.55. The summed E-state index contributed by atoms with van der Waals surface area (Å²) < 4.78 is 3.01. The van der Waals surface area contributed by atoms with Gasteiger partial charge < -0.3 is 4.90 Å². The molecule has 2 aromatic heterocycles. The molecule has 0 bridgehead atoms. The molecule has 0 radical (unpaired) electrons. The van der Waals surface area contributed by atoms with E-state index in [2.05, 4.69) is 48.9 Å². The number of piperidine rings is 1. The number of halogens is 1. The molecule has 19 heavy (non-hydrogen) atoms. The Morgan fingerprint density at radius 1 is 1.42 bits per heavy atom. The summed E-state index contributed by atoms with van der Waals surface area (Å²) in [5.41, 5.74) is 1.17. The van der Waals surface area contributed by atoms with Crippen LogP contribution < -0.4 is 4.90 Å². The molecular weight excluding hydrogens is 306 g/mol. The molecule has 1 aliphatic heterocycles. The summed E-state index contributed by atoms with van der Waals surface area (Å²) in [6.45, 7) is 4.02. The molecule has 2 aromatic rings. The maximum atomic E-state index is 4.55. The zero-order valence-corrected chi connectivity index (χ0v) is 12.4. The Balaban J connectivity index is 1.81. The van der Waals surface area contributed by atoms with E-state index in [1.165, 1.54) is 5.56 Å². The van der Waals surface area contributed by atoms with Crippen LogP contribution in [-0.4, -0.2) is 32.8 Å². The van der Waals surface area contributed by atoms with Crippen molar-refractivity contribution in [3.05, 3.63) is 35.0 Å². The topological polar surface area (TPSA) is 46.8 Å². The first-order chi connectivity index (χ1) is 9.24. The molecule has 0 aromatic carbocycles. The minimum atomic E-state index is 0.381. The van der Waals surface area contributed by atoms with Crippen LogP contribution in [0.4, 0.5) is 5.82 Å². The van der Waals surface area contributed by atoms with Crippen LogP contribution in [0.2, 0.25) is 0 Å². The third-order valence-electron chi connectivity index (χ3n) is 3.47. The Morgan fingerprint density at radius 3 is 3.05 bits per heavy atom. The molecule has 0 spiro atoms. The Labute approximate surface area is 120 Å². The lowest BCUT2D eigenvalue weighted by Gasteiger charge is -2.34. The molecule has 1 aliphatic rings. The fourth-order valence-corrected chi connectivity index (χ4v) is 3.24. The first-order valence-corrected chi connectivity index (χ1v) is 7.24. The molecular formula is C13H16BrN5. The van der Waals surface area contributed by atoms with Gasteiger partial charge in [-0.05, 0) is 47.3 Å². The summed E-state index contributed by atoms with van der Waals surface area (Å²) in [5.74, 6) is 1.02. The fraction of sp³-hybridized carbons (Fsp3) is 0.462. The van der Waals surface area contributed by atoms with Gasteiger partial charge in [0.2, 0.25) is 0 Å². The van der Waals surface area contributed by atoms with Crippen LogP contribution in [0.5, 0.6) is 0 Å². The lowest BCUT2D eigenvalue weighted by molar-refractivity contribution is 0.374. The molecule has 0 unspecified atom stereocenters. The van der Waals surface area contributed by atoms with Gasteiger partial charge in [-0.25, -0.2) is 14.6 Å². The average Bonchev–Trinajstić information content (AvgIpc) is 2.93. The van der Waals surface area contributed by atoms with Gasteiger partial charge in [0.15, 0.2) is 0 Å². The van der Waals surface area contributed by atoms with Crippen molar-refractivity contribution in [2.24, 2.45) is 0 Å². The molecule has 0 saturated carbocycles. The van der Waals surface area contributed by atoms with Crippen molar-refractivity contribution < 1.29 is 0 Å². The quantitative estimate of drug-likeness (QED) is 0.853. The summed E-state index contributed by atoms with van der Waals surface area (Å²) in [7, 11) is 0. The average molecular weight is 322 g/mol. The molecule has 6 heteroatoms. The number of aromatic nitrogens is 4. The van der Waals surface area contributed by atoms with Crippen LogP contribution in [0.15, 0.2) is 29.4 Å². The Kier molecular flexibility index (Phi) is 3.50. The van der Waals surface area contributed by atoms with Gasteiger partial charge in [0.1, 0.15) is 18.5 Å². The number of hydrogen-bond acceptors (Lipinski definition) is 4. The van der Waals surface area contributed by atoms with Crippen molar-refractivity contribution in [2.75, 3.05) is 18.0 Å². The van der Waals surface area contributed by atoms with Gasteiger partial charge in [0, 0.05) is 19.3 Å². The highest BCUT2D eigenvalue weighted by atomic mass is 79.9. The Bertz CT molecular complexity index is 554. The van der Waals surface area contributed by atoms with Crippen molar-refractivity contribution in [1.29, 1.82) is 0 Å². The minimum Gasteiger partial charge on any atom is -0.354 e. The van der Waals surface area contributed by atoms with Crippen LogP contribution in [0, 0.1) is 6.92 Å². The van der Waals surface area contributed by atoms with E-state index >= 15 is 0 Å². The molecule has 5 nitrogen and oxygen atoms in total. The van der Waals surface area contributed by atoms with Gasteiger partial charge in [0.05, 0.1) is 10.5 Å². The third-order valence-corrected chi connectivity index (χ3v) is 4.05. The highest BCUT2D eigenvalue weighted by Crippen LogP contribution is 2.29. The van der Waals surface area contributed by atoms with E-state index in [4.69, 9.17) is 0 Å². The van der Waals surface area contributed by atoms with E-state index in [1.807, 2.05) is 10.9 Å². The largest absolute Gasteiger partial charge is 0.354 e. The van der Waals surface area contributed by atoms with Crippen LogP contribution in [0.1, 0.15) is 24.4 Å². The molecule has 3 rings (SSSR count). The number of hydrogen-bond donors (Lipinski definition) is 0. The van der Waals surface area contributed by atoms with Crippen LogP contribution >= 0.6 is 15.9 Å². The predicted molar refractivity (Wildman–Crippen MR) is 77.2 cm³/mol. The van der Waals surface area contributed by atoms with Crippen molar-refractivity contribution in [1.82, 2.24) is 19.7 Å². The molecule has 1 saturated heterocycles. The van der Waals surface area contributed by atoms with Crippen molar-refractivity contribution in [3.8, 4) is 0 Å². The van der Waals surface area contributed by atoms with E-state index in [0.717, 1.165) is 36.2 Å².